The predicted molar refractivity (Wildman–Crippen MR) is 75.4 cm³/mol. The standard InChI is InChI=1S/C14H19NO4S/c1-20(17,18)13-8-6-12(7-9-13)19-10-14(16)15-11-4-2-3-5-11/h6-9,11H,2-5,10H2,1H3,(H,15,16). The topological polar surface area (TPSA) is 72.5 Å². The van der Waals surface area contributed by atoms with Crippen molar-refractivity contribution in [1.29, 1.82) is 0 Å². The Kier molecular flexibility index (Phi) is 4.65. The first-order chi connectivity index (χ1) is 9.45. The smallest absolute Gasteiger partial charge is 0.258 e. The quantitative estimate of drug-likeness (QED) is 0.894. The molecule has 0 heterocycles. The molecule has 1 N–H and O–H groups in total. The number of carbonyl (C=O) groups excluding carboxylic acids is 1. The Bertz CT molecular complexity index is 559. The molecule has 1 saturated carbocycles. The van der Waals surface area contributed by atoms with Crippen LogP contribution >= 0.6 is 0 Å². The zero-order chi connectivity index (χ0) is 14.6. The van der Waals surface area contributed by atoms with Crippen molar-refractivity contribution in [3.63, 3.8) is 0 Å². The number of ether oxygens (including phenoxy) is 1. The first-order valence-electron chi connectivity index (χ1n) is 6.67. The second-order valence-electron chi connectivity index (χ2n) is 5.08. The van der Waals surface area contributed by atoms with Crippen molar-refractivity contribution in [3.8, 4) is 5.75 Å². The van der Waals surface area contributed by atoms with E-state index in [0.29, 0.717) is 5.75 Å². The molecule has 1 aromatic carbocycles. The number of carbonyl (C=O) groups is 1. The Morgan fingerprint density at radius 1 is 1.25 bits per heavy atom. The lowest BCUT2D eigenvalue weighted by Crippen LogP contribution is -2.36. The van der Waals surface area contributed by atoms with Gasteiger partial charge >= 0.3 is 0 Å². The number of benzene rings is 1. The van der Waals surface area contributed by atoms with E-state index in [0.717, 1.165) is 19.1 Å². The van der Waals surface area contributed by atoms with Gasteiger partial charge in [-0.1, -0.05) is 12.8 Å². The van der Waals surface area contributed by atoms with Crippen molar-refractivity contribution >= 4 is 15.7 Å². The number of rotatable bonds is 5. The summed E-state index contributed by atoms with van der Waals surface area (Å²) in [6.07, 6.45) is 5.55. The van der Waals surface area contributed by atoms with Gasteiger partial charge in [-0.3, -0.25) is 4.79 Å². The summed E-state index contributed by atoms with van der Waals surface area (Å²) in [5.74, 6) is 0.350. The van der Waals surface area contributed by atoms with Crippen LogP contribution in [-0.4, -0.2) is 33.2 Å². The molecule has 0 aromatic heterocycles. The fourth-order valence-electron chi connectivity index (χ4n) is 2.27. The SMILES string of the molecule is CS(=O)(=O)c1ccc(OCC(=O)NC2CCCC2)cc1. The van der Waals surface area contributed by atoms with Crippen molar-refractivity contribution < 1.29 is 17.9 Å². The second-order valence-corrected chi connectivity index (χ2v) is 7.10. The Morgan fingerprint density at radius 2 is 1.85 bits per heavy atom. The number of sulfone groups is 1. The summed E-state index contributed by atoms with van der Waals surface area (Å²) in [5, 5.41) is 2.92. The molecular weight excluding hydrogens is 278 g/mol. The van der Waals surface area contributed by atoms with E-state index >= 15 is 0 Å². The van der Waals surface area contributed by atoms with Crippen LogP contribution in [0.15, 0.2) is 29.2 Å². The number of amides is 1. The molecule has 6 heteroatoms. The molecular formula is C14H19NO4S. The van der Waals surface area contributed by atoms with Gasteiger partial charge < -0.3 is 10.1 Å². The summed E-state index contributed by atoms with van der Waals surface area (Å²) in [5.41, 5.74) is 0. The van der Waals surface area contributed by atoms with E-state index in [1.165, 1.54) is 25.0 Å². The van der Waals surface area contributed by atoms with Gasteiger partial charge in [0.1, 0.15) is 5.75 Å². The van der Waals surface area contributed by atoms with Gasteiger partial charge in [-0.15, -0.1) is 0 Å². The molecule has 0 bridgehead atoms. The monoisotopic (exact) mass is 297 g/mol. The van der Waals surface area contributed by atoms with Crippen LogP contribution in [0.4, 0.5) is 0 Å². The average Bonchev–Trinajstić information content (AvgIpc) is 2.88. The zero-order valence-corrected chi connectivity index (χ0v) is 12.3. The summed E-state index contributed by atoms with van der Waals surface area (Å²) in [4.78, 5) is 11.9. The Labute approximate surface area is 119 Å². The second kappa shape index (κ2) is 6.26. The molecule has 1 aliphatic rings. The van der Waals surface area contributed by atoms with Crippen LogP contribution in [0.2, 0.25) is 0 Å². The molecule has 0 radical (unpaired) electrons. The van der Waals surface area contributed by atoms with E-state index < -0.39 is 9.84 Å². The van der Waals surface area contributed by atoms with Gasteiger partial charge in [-0.05, 0) is 37.1 Å². The fraction of sp³-hybridized carbons (Fsp3) is 0.500. The van der Waals surface area contributed by atoms with Crippen molar-refractivity contribution in [2.24, 2.45) is 0 Å². The molecule has 0 saturated heterocycles. The number of hydrogen-bond donors (Lipinski definition) is 1. The van der Waals surface area contributed by atoms with Crippen LogP contribution in [0.1, 0.15) is 25.7 Å². The maximum Gasteiger partial charge on any atom is 0.258 e. The predicted octanol–water partition coefficient (Wildman–Crippen LogP) is 1.53. The highest BCUT2D eigenvalue weighted by molar-refractivity contribution is 7.90. The minimum absolute atomic E-state index is 0.0469. The molecule has 20 heavy (non-hydrogen) atoms. The molecule has 1 aromatic rings. The largest absolute Gasteiger partial charge is 0.484 e. The van der Waals surface area contributed by atoms with E-state index in [1.54, 1.807) is 12.1 Å². The van der Waals surface area contributed by atoms with E-state index in [-0.39, 0.29) is 23.5 Å². The van der Waals surface area contributed by atoms with E-state index in [4.69, 9.17) is 4.74 Å². The van der Waals surface area contributed by atoms with Gasteiger partial charge in [0.05, 0.1) is 4.90 Å². The minimum Gasteiger partial charge on any atom is -0.484 e. The normalized spacial score (nSPS) is 16.1. The van der Waals surface area contributed by atoms with Crippen molar-refractivity contribution in [3.05, 3.63) is 24.3 Å². The molecule has 5 nitrogen and oxygen atoms in total. The van der Waals surface area contributed by atoms with Crippen molar-refractivity contribution in [1.82, 2.24) is 5.32 Å². The third kappa shape index (κ3) is 4.23. The van der Waals surface area contributed by atoms with Crippen molar-refractivity contribution in [2.45, 2.75) is 36.6 Å². The molecule has 110 valence electrons. The van der Waals surface area contributed by atoms with Crippen molar-refractivity contribution in [2.75, 3.05) is 12.9 Å². The highest BCUT2D eigenvalue weighted by Gasteiger charge is 2.17. The fourth-order valence-corrected chi connectivity index (χ4v) is 2.90. The molecule has 0 spiro atoms. The van der Waals surface area contributed by atoms with Gasteiger partial charge in [0.25, 0.3) is 5.91 Å². The first-order valence-corrected chi connectivity index (χ1v) is 8.56. The van der Waals surface area contributed by atoms with Gasteiger partial charge in [0, 0.05) is 12.3 Å². The lowest BCUT2D eigenvalue weighted by molar-refractivity contribution is -0.123. The summed E-state index contributed by atoms with van der Waals surface area (Å²) >= 11 is 0. The molecule has 1 aliphatic carbocycles. The summed E-state index contributed by atoms with van der Waals surface area (Å²) in [7, 11) is -3.20. The molecule has 1 amide bonds. The maximum atomic E-state index is 11.7. The molecule has 0 unspecified atom stereocenters. The zero-order valence-electron chi connectivity index (χ0n) is 11.5. The van der Waals surface area contributed by atoms with Crippen LogP contribution in [0.3, 0.4) is 0 Å². The van der Waals surface area contributed by atoms with E-state index in [9.17, 15) is 13.2 Å². The Morgan fingerprint density at radius 3 is 2.40 bits per heavy atom. The lowest BCUT2D eigenvalue weighted by atomic mass is 10.2. The van der Waals surface area contributed by atoms with Gasteiger partial charge in [-0.2, -0.15) is 0 Å². The highest BCUT2D eigenvalue weighted by atomic mass is 32.2. The number of hydrogen-bond acceptors (Lipinski definition) is 4. The molecule has 0 aliphatic heterocycles. The summed E-state index contributed by atoms with van der Waals surface area (Å²) < 4.78 is 27.9. The van der Waals surface area contributed by atoms with E-state index in [2.05, 4.69) is 5.32 Å². The van der Waals surface area contributed by atoms with Crippen LogP contribution in [0, 0.1) is 0 Å². The Hall–Kier alpha value is -1.56. The van der Waals surface area contributed by atoms with Gasteiger partial charge in [0.15, 0.2) is 16.4 Å². The molecule has 2 rings (SSSR count). The average molecular weight is 297 g/mol. The van der Waals surface area contributed by atoms with E-state index in [1.807, 2.05) is 0 Å². The first kappa shape index (κ1) is 14.8. The minimum atomic E-state index is -3.20. The van der Waals surface area contributed by atoms with Gasteiger partial charge in [0.2, 0.25) is 0 Å². The van der Waals surface area contributed by atoms with Crippen LogP contribution in [0.5, 0.6) is 5.75 Å². The summed E-state index contributed by atoms with van der Waals surface area (Å²) in [6.45, 7) is -0.0469. The van der Waals surface area contributed by atoms with Crippen LogP contribution < -0.4 is 10.1 Å². The Balaban J connectivity index is 1.83. The van der Waals surface area contributed by atoms with Crippen LogP contribution in [0.25, 0.3) is 0 Å². The third-order valence-corrected chi connectivity index (χ3v) is 4.47. The molecule has 0 atom stereocenters. The summed E-state index contributed by atoms with van der Waals surface area (Å²) in [6, 6.07) is 6.33. The molecule has 1 fully saturated rings. The lowest BCUT2D eigenvalue weighted by Gasteiger charge is -2.12. The maximum absolute atomic E-state index is 11.7. The number of nitrogens with one attached hydrogen (secondary N) is 1. The highest BCUT2D eigenvalue weighted by Crippen LogP contribution is 2.18. The van der Waals surface area contributed by atoms with Crippen LogP contribution in [-0.2, 0) is 14.6 Å². The van der Waals surface area contributed by atoms with Gasteiger partial charge in [-0.25, -0.2) is 8.42 Å². The third-order valence-electron chi connectivity index (χ3n) is 3.34.